The molecule has 2 N–H and O–H groups in total. The van der Waals surface area contributed by atoms with Gasteiger partial charge in [0.25, 0.3) is 0 Å². The normalized spacial score (nSPS) is 18.5. The molecule has 0 saturated heterocycles. The number of carbonyl (C=O) groups is 1. The van der Waals surface area contributed by atoms with Gasteiger partial charge >= 0.3 is 12.5 Å². The number of carboxylic acid groups (broad SMARTS) is 1. The van der Waals surface area contributed by atoms with E-state index in [9.17, 15) is 18.0 Å². The van der Waals surface area contributed by atoms with Crippen molar-refractivity contribution >= 4 is 6.09 Å². The Balaban J connectivity index is 1.89. The average Bonchev–Trinajstić information content (AvgIpc) is 2.56. The third-order valence-corrected chi connectivity index (χ3v) is 4.96. The average molecular weight is 379 g/mol. The molecule has 0 aromatic heterocycles. The molecular weight excluding hydrogens is 359 g/mol. The van der Waals surface area contributed by atoms with E-state index in [0.717, 1.165) is 35.1 Å². The van der Waals surface area contributed by atoms with Gasteiger partial charge in [0.2, 0.25) is 0 Å². The van der Waals surface area contributed by atoms with Gasteiger partial charge < -0.3 is 15.2 Å². The van der Waals surface area contributed by atoms with E-state index >= 15 is 0 Å². The number of hydrogen-bond acceptors (Lipinski definition) is 2. The van der Waals surface area contributed by atoms with Crippen molar-refractivity contribution in [2.45, 2.75) is 39.1 Å². The molecule has 0 heterocycles. The lowest BCUT2D eigenvalue weighted by Crippen LogP contribution is -2.40. The van der Waals surface area contributed by atoms with Crippen LogP contribution in [0.1, 0.15) is 37.4 Å². The first-order chi connectivity index (χ1) is 12.5. The lowest BCUT2D eigenvalue weighted by atomic mass is 9.70. The molecule has 7 heteroatoms. The van der Waals surface area contributed by atoms with Gasteiger partial charge in [-0.25, -0.2) is 4.79 Å². The highest BCUT2D eigenvalue weighted by atomic mass is 19.4. The number of hydrogen-bond donors (Lipinski definition) is 2. The Morgan fingerprint density at radius 1 is 1.15 bits per heavy atom. The predicted molar refractivity (Wildman–Crippen MR) is 94.6 cm³/mol. The van der Waals surface area contributed by atoms with Gasteiger partial charge in [-0.05, 0) is 52.6 Å². The molecule has 1 unspecified atom stereocenters. The first-order valence-electron chi connectivity index (χ1n) is 8.54. The fourth-order valence-corrected chi connectivity index (χ4v) is 3.55. The summed E-state index contributed by atoms with van der Waals surface area (Å²) in [6.07, 6.45) is -4.15. The van der Waals surface area contributed by atoms with Crippen molar-refractivity contribution in [2.75, 3.05) is 0 Å². The molecule has 2 aromatic rings. The number of halogens is 3. The lowest BCUT2D eigenvalue weighted by Gasteiger charge is -2.40. The number of ether oxygens (including phenoxy) is 1. The number of benzene rings is 2. The Kier molecular flexibility index (Phi) is 4.80. The van der Waals surface area contributed by atoms with E-state index in [1.807, 2.05) is 32.0 Å². The van der Waals surface area contributed by atoms with E-state index in [1.165, 1.54) is 12.1 Å². The maximum absolute atomic E-state index is 12.3. The van der Waals surface area contributed by atoms with Gasteiger partial charge in [0.05, 0.1) is 6.04 Å². The first kappa shape index (κ1) is 19.1. The summed E-state index contributed by atoms with van der Waals surface area (Å²) in [5.74, 6) is -0.267. The zero-order valence-corrected chi connectivity index (χ0v) is 14.9. The van der Waals surface area contributed by atoms with Crippen LogP contribution in [0.3, 0.4) is 0 Å². The minimum absolute atomic E-state index is 0.205. The van der Waals surface area contributed by atoms with Gasteiger partial charge in [-0.3, -0.25) is 0 Å². The summed E-state index contributed by atoms with van der Waals surface area (Å²) >= 11 is 0. The third kappa shape index (κ3) is 4.35. The van der Waals surface area contributed by atoms with Crippen molar-refractivity contribution in [2.24, 2.45) is 5.41 Å². The van der Waals surface area contributed by atoms with Crippen LogP contribution >= 0.6 is 0 Å². The smallest absolute Gasteiger partial charge is 0.465 e. The summed E-state index contributed by atoms with van der Waals surface area (Å²) in [6, 6.07) is 11.1. The van der Waals surface area contributed by atoms with Crippen LogP contribution in [0.15, 0.2) is 42.5 Å². The molecule has 1 amide bonds. The van der Waals surface area contributed by atoms with E-state index in [4.69, 9.17) is 5.11 Å². The van der Waals surface area contributed by atoms with E-state index in [-0.39, 0.29) is 17.2 Å². The number of fused-ring (bicyclic) bond motifs is 1. The highest BCUT2D eigenvalue weighted by Crippen LogP contribution is 2.44. The molecule has 1 aliphatic rings. The summed E-state index contributed by atoms with van der Waals surface area (Å²) in [7, 11) is 0. The molecule has 0 aliphatic heterocycles. The maximum atomic E-state index is 12.3. The Labute approximate surface area is 155 Å². The second-order valence-electron chi connectivity index (χ2n) is 7.36. The molecule has 1 aliphatic carbocycles. The van der Waals surface area contributed by atoms with Crippen molar-refractivity contribution in [3.05, 3.63) is 53.6 Å². The highest BCUT2D eigenvalue weighted by molar-refractivity contribution is 5.68. The Hall–Kier alpha value is -2.70. The van der Waals surface area contributed by atoms with Crippen LogP contribution in [0.4, 0.5) is 18.0 Å². The molecule has 0 fully saturated rings. The van der Waals surface area contributed by atoms with Crippen LogP contribution in [0.2, 0.25) is 0 Å². The monoisotopic (exact) mass is 379 g/mol. The van der Waals surface area contributed by atoms with Gasteiger partial charge in [0, 0.05) is 0 Å². The lowest BCUT2D eigenvalue weighted by molar-refractivity contribution is -0.274. The van der Waals surface area contributed by atoms with Crippen molar-refractivity contribution in [1.82, 2.24) is 5.32 Å². The van der Waals surface area contributed by atoms with Crippen molar-refractivity contribution in [3.8, 4) is 16.9 Å². The van der Waals surface area contributed by atoms with Crippen LogP contribution in [-0.2, 0) is 6.42 Å². The predicted octanol–water partition coefficient (Wildman–Crippen LogP) is 5.53. The second kappa shape index (κ2) is 6.79. The fourth-order valence-electron chi connectivity index (χ4n) is 3.55. The van der Waals surface area contributed by atoms with Crippen LogP contribution in [0.25, 0.3) is 11.1 Å². The summed E-state index contributed by atoms with van der Waals surface area (Å²) < 4.78 is 40.7. The Bertz CT molecular complexity index is 845. The minimum Gasteiger partial charge on any atom is -0.465 e. The van der Waals surface area contributed by atoms with Gasteiger partial charge in [-0.2, -0.15) is 0 Å². The quantitative estimate of drug-likeness (QED) is 0.737. The number of amides is 1. The largest absolute Gasteiger partial charge is 0.573 e. The van der Waals surface area contributed by atoms with E-state index in [1.54, 1.807) is 12.1 Å². The standard InChI is InChI=1S/C20H20F3NO3/c1-19(2)10-9-14-11-13(5-8-16(14)17(19)24-18(25)26)12-3-6-15(7-4-12)27-20(21,22)23/h3-8,11,17,24H,9-10H2,1-2H3,(H,25,26). The van der Waals surface area contributed by atoms with Gasteiger partial charge in [-0.15, -0.1) is 13.2 Å². The van der Waals surface area contributed by atoms with Crippen LogP contribution in [0.5, 0.6) is 5.75 Å². The number of nitrogens with one attached hydrogen (secondary N) is 1. The molecule has 1 atom stereocenters. The zero-order valence-electron chi connectivity index (χ0n) is 14.9. The summed E-state index contributed by atoms with van der Waals surface area (Å²) in [6.45, 7) is 4.06. The van der Waals surface area contributed by atoms with E-state index in [2.05, 4.69) is 10.1 Å². The minimum atomic E-state index is -4.72. The maximum Gasteiger partial charge on any atom is 0.573 e. The van der Waals surface area contributed by atoms with E-state index in [0.29, 0.717) is 0 Å². The molecule has 0 radical (unpaired) electrons. The van der Waals surface area contributed by atoms with Gasteiger partial charge in [0.1, 0.15) is 5.75 Å². The summed E-state index contributed by atoms with van der Waals surface area (Å²) in [4.78, 5) is 11.2. The van der Waals surface area contributed by atoms with Crippen LogP contribution in [0, 0.1) is 5.41 Å². The molecule has 0 bridgehead atoms. The summed E-state index contributed by atoms with van der Waals surface area (Å²) in [5, 5.41) is 11.8. The number of aryl methyl sites for hydroxylation is 1. The van der Waals surface area contributed by atoms with Gasteiger partial charge in [-0.1, -0.05) is 44.2 Å². The molecule has 0 spiro atoms. The van der Waals surface area contributed by atoms with Crippen molar-refractivity contribution in [1.29, 1.82) is 0 Å². The molecule has 3 rings (SSSR count). The topological polar surface area (TPSA) is 58.6 Å². The summed E-state index contributed by atoms with van der Waals surface area (Å²) in [5.41, 5.74) is 3.40. The second-order valence-corrected chi connectivity index (χ2v) is 7.36. The highest BCUT2D eigenvalue weighted by Gasteiger charge is 2.37. The zero-order chi connectivity index (χ0) is 19.8. The SMILES string of the molecule is CC1(C)CCc2cc(-c3ccc(OC(F)(F)F)cc3)ccc2C1NC(=O)O. The fraction of sp³-hybridized carbons (Fsp3) is 0.350. The molecular formula is C20H20F3NO3. The first-order valence-corrected chi connectivity index (χ1v) is 8.54. The van der Waals surface area contributed by atoms with Crippen molar-refractivity contribution < 1.29 is 27.8 Å². The van der Waals surface area contributed by atoms with Crippen molar-refractivity contribution in [3.63, 3.8) is 0 Å². The number of rotatable bonds is 3. The molecule has 2 aromatic carbocycles. The Morgan fingerprint density at radius 3 is 2.37 bits per heavy atom. The molecule has 4 nitrogen and oxygen atoms in total. The van der Waals surface area contributed by atoms with E-state index < -0.39 is 12.5 Å². The van der Waals surface area contributed by atoms with Crippen LogP contribution < -0.4 is 10.1 Å². The Morgan fingerprint density at radius 2 is 1.78 bits per heavy atom. The van der Waals surface area contributed by atoms with Crippen LogP contribution in [-0.4, -0.2) is 17.6 Å². The third-order valence-electron chi connectivity index (χ3n) is 4.96. The molecule has 144 valence electrons. The molecule has 27 heavy (non-hydrogen) atoms. The number of alkyl halides is 3. The molecule has 0 saturated carbocycles. The van der Waals surface area contributed by atoms with Gasteiger partial charge in [0.15, 0.2) is 0 Å².